The summed E-state index contributed by atoms with van der Waals surface area (Å²) in [6.45, 7) is 2.23. The molecule has 0 aromatic heterocycles. The molecule has 0 bridgehead atoms. The van der Waals surface area contributed by atoms with Gasteiger partial charge in [0.15, 0.2) is 0 Å². The van der Waals surface area contributed by atoms with Crippen LogP contribution in [0.4, 0.5) is 0 Å². The largest absolute Gasteiger partial charge is 0.495 e. The Morgan fingerprint density at radius 2 is 2.11 bits per heavy atom. The first-order chi connectivity index (χ1) is 9.03. The molecular weight excluding hydrogens is 323 g/mol. The van der Waals surface area contributed by atoms with E-state index in [2.05, 4.69) is 6.92 Å². The van der Waals surface area contributed by atoms with E-state index in [0.29, 0.717) is 21.7 Å². The zero-order valence-electron chi connectivity index (χ0n) is 11.1. The highest BCUT2D eigenvalue weighted by Gasteiger charge is 2.36. The van der Waals surface area contributed by atoms with Crippen molar-refractivity contribution in [3.63, 3.8) is 0 Å². The smallest absolute Gasteiger partial charge is 0.139 e. The van der Waals surface area contributed by atoms with Crippen LogP contribution in [0.1, 0.15) is 30.9 Å². The number of hydrogen-bond acceptors (Lipinski definition) is 2. The van der Waals surface area contributed by atoms with Gasteiger partial charge in [-0.1, -0.05) is 23.2 Å². The maximum Gasteiger partial charge on any atom is 0.139 e. The SMILES string of the molecule is COc1cc2c(c(Cl)c1Cl)C(C)(CCCCl)SCC2. The molecule has 1 aromatic rings. The number of ether oxygens (including phenoxy) is 1. The van der Waals surface area contributed by atoms with Crippen LogP contribution < -0.4 is 4.74 Å². The highest BCUT2D eigenvalue weighted by Crippen LogP contribution is 2.52. The molecule has 1 atom stereocenters. The summed E-state index contributed by atoms with van der Waals surface area (Å²) < 4.78 is 5.29. The summed E-state index contributed by atoms with van der Waals surface area (Å²) in [5.41, 5.74) is 2.42. The molecule has 0 aliphatic carbocycles. The molecule has 0 radical (unpaired) electrons. The van der Waals surface area contributed by atoms with E-state index in [9.17, 15) is 0 Å². The molecule has 1 aliphatic rings. The summed E-state index contributed by atoms with van der Waals surface area (Å²) in [4.78, 5) is 0. The minimum absolute atomic E-state index is 0.00450. The molecule has 0 spiro atoms. The number of fused-ring (bicyclic) bond motifs is 1. The van der Waals surface area contributed by atoms with Crippen LogP contribution in [0.25, 0.3) is 0 Å². The standard InChI is InChI=1S/C14H17Cl3OS/c1-14(5-3-6-15)11-9(4-7-19-14)8-10(18-2)12(16)13(11)17/h8H,3-7H2,1-2H3. The van der Waals surface area contributed by atoms with Gasteiger partial charge in [0.05, 0.1) is 12.1 Å². The van der Waals surface area contributed by atoms with E-state index < -0.39 is 0 Å². The molecule has 1 aromatic carbocycles. The lowest BCUT2D eigenvalue weighted by Crippen LogP contribution is -2.25. The van der Waals surface area contributed by atoms with Crippen molar-refractivity contribution < 1.29 is 4.74 Å². The van der Waals surface area contributed by atoms with Gasteiger partial charge in [0.25, 0.3) is 0 Å². The third-order valence-corrected chi connectivity index (χ3v) is 6.15. The number of thioether (sulfide) groups is 1. The van der Waals surface area contributed by atoms with Crippen LogP contribution >= 0.6 is 46.6 Å². The Hall–Kier alpha value is 0.240. The lowest BCUT2D eigenvalue weighted by Gasteiger charge is -2.37. The van der Waals surface area contributed by atoms with Crippen molar-refractivity contribution in [2.45, 2.75) is 30.9 Å². The summed E-state index contributed by atoms with van der Waals surface area (Å²) in [7, 11) is 1.62. The van der Waals surface area contributed by atoms with Crippen LogP contribution in [0.2, 0.25) is 10.0 Å². The third kappa shape index (κ3) is 2.97. The topological polar surface area (TPSA) is 9.23 Å². The van der Waals surface area contributed by atoms with E-state index in [4.69, 9.17) is 39.5 Å². The fourth-order valence-corrected chi connectivity index (χ4v) is 4.91. The fourth-order valence-electron chi connectivity index (χ4n) is 2.63. The van der Waals surface area contributed by atoms with Crippen molar-refractivity contribution in [2.75, 3.05) is 18.7 Å². The highest BCUT2D eigenvalue weighted by molar-refractivity contribution is 8.00. The van der Waals surface area contributed by atoms with Crippen molar-refractivity contribution in [3.8, 4) is 5.75 Å². The van der Waals surface area contributed by atoms with Crippen LogP contribution in [0.15, 0.2) is 6.07 Å². The molecule has 0 fully saturated rings. The Morgan fingerprint density at radius 3 is 2.74 bits per heavy atom. The molecule has 0 N–H and O–H groups in total. The Balaban J connectivity index is 2.51. The molecule has 1 unspecified atom stereocenters. The number of benzene rings is 1. The van der Waals surface area contributed by atoms with Gasteiger partial charge in [-0.15, -0.1) is 11.6 Å². The Morgan fingerprint density at radius 1 is 1.37 bits per heavy atom. The molecule has 2 rings (SSSR count). The molecule has 1 nitrogen and oxygen atoms in total. The Labute approximate surface area is 133 Å². The van der Waals surface area contributed by atoms with E-state index in [-0.39, 0.29) is 4.75 Å². The van der Waals surface area contributed by atoms with Crippen LogP contribution in [-0.2, 0) is 11.2 Å². The molecule has 1 aliphatic heterocycles. The van der Waals surface area contributed by atoms with E-state index in [1.54, 1.807) is 7.11 Å². The van der Waals surface area contributed by atoms with Crippen molar-refractivity contribution in [3.05, 3.63) is 27.2 Å². The second kappa shape index (κ2) is 6.34. The summed E-state index contributed by atoms with van der Waals surface area (Å²) >= 11 is 20.6. The van der Waals surface area contributed by atoms with Crippen LogP contribution in [0.3, 0.4) is 0 Å². The fraction of sp³-hybridized carbons (Fsp3) is 0.571. The second-order valence-corrected chi connectivity index (χ2v) is 7.59. The average Bonchev–Trinajstić information content (AvgIpc) is 2.40. The van der Waals surface area contributed by atoms with Crippen LogP contribution in [0.5, 0.6) is 5.75 Å². The van der Waals surface area contributed by atoms with Crippen molar-refractivity contribution >= 4 is 46.6 Å². The molecular formula is C14H17Cl3OS. The first-order valence-electron chi connectivity index (χ1n) is 6.28. The molecule has 0 saturated carbocycles. The molecule has 106 valence electrons. The van der Waals surface area contributed by atoms with Crippen molar-refractivity contribution in [1.29, 1.82) is 0 Å². The number of methoxy groups -OCH3 is 1. The summed E-state index contributed by atoms with van der Waals surface area (Å²) in [5, 5.41) is 1.16. The molecule has 5 heteroatoms. The maximum absolute atomic E-state index is 6.50. The highest BCUT2D eigenvalue weighted by atomic mass is 35.5. The second-order valence-electron chi connectivity index (χ2n) is 4.86. The Kier molecular flexibility index (Phi) is 5.21. The molecule has 1 heterocycles. The zero-order valence-corrected chi connectivity index (χ0v) is 14.1. The first kappa shape index (κ1) is 15.6. The van der Waals surface area contributed by atoms with E-state index >= 15 is 0 Å². The van der Waals surface area contributed by atoms with Crippen molar-refractivity contribution in [1.82, 2.24) is 0 Å². The maximum atomic E-state index is 6.50. The lowest BCUT2D eigenvalue weighted by atomic mass is 9.89. The average molecular weight is 340 g/mol. The summed E-state index contributed by atoms with van der Waals surface area (Å²) in [6.07, 6.45) is 2.99. The van der Waals surface area contributed by atoms with Gasteiger partial charge in [0, 0.05) is 10.6 Å². The predicted molar refractivity (Wildman–Crippen MR) is 86.5 cm³/mol. The summed E-state index contributed by atoms with van der Waals surface area (Å²) in [6, 6.07) is 2.03. The van der Waals surface area contributed by atoms with Gasteiger partial charge in [-0.25, -0.2) is 0 Å². The van der Waals surface area contributed by atoms with Gasteiger partial charge in [0.1, 0.15) is 10.8 Å². The van der Waals surface area contributed by atoms with Crippen molar-refractivity contribution in [2.24, 2.45) is 0 Å². The molecule has 0 saturated heterocycles. The number of alkyl halides is 1. The monoisotopic (exact) mass is 338 g/mol. The van der Waals surface area contributed by atoms with Gasteiger partial charge in [-0.2, -0.15) is 11.8 Å². The van der Waals surface area contributed by atoms with Gasteiger partial charge in [0.2, 0.25) is 0 Å². The minimum Gasteiger partial charge on any atom is -0.495 e. The predicted octanol–water partition coefficient (Wildman–Crippen LogP) is 5.53. The molecule has 0 amide bonds. The first-order valence-corrected chi connectivity index (χ1v) is 8.56. The summed E-state index contributed by atoms with van der Waals surface area (Å²) in [5.74, 6) is 2.43. The van der Waals surface area contributed by atoms with Gasteiger partial charge >= 0.3 is 0 Å². The zero-order chi connectivity index (χ0) is 14.0. The van der Waals surface area contributed by atoms with E-state index in [1.807, 2.05) is 17.8 Å². The number of hydrogen-bond donors (Lipinski definition) is 0. The number of rotatable bonds is 4. The van der Waals surface area contributed by atoms with Gasteiger partial charge in [-0.3, -0.25) is 0 Å². The molecule has 19 heavy (non-hydrogen) atoms. The number of aryl methyl sites for hydroxylation is 1. The van der Waals surface area contributed by atoms with Gasteiger partial charge in [-0.05, 0) is 49.1 Å². The number of halogens is 3. The van der Waals surface area contributed by atoms with Gasteiger partial charge < -0.3 is 4.74 Å². The normalized spacial score (nSPS) is 22.2. The quantitative estimate of drug-likeness (QED) is 0.667. The van der Waals surface area contributed by atoms with Crippen LogP contribution in [-0.4, -0.2) is 18.7 Å². The van der Waals surface area contributed by atoms with Crippen LogP contribution in [0, 0.1) is 0 Å². The third-order valence-electron chi connectivity index (χ3n) is 3.58. The van der Waals surface area contributed by atoms with E-state index in [0.717, 1.165) is 25.0 Å². The van der Waals surface area contributed by atoms with E-state index in [1.165, 1.54) is 11.1 Å². The lowest BCUT2D eigenvalue weighted by molar-refractivity contribution is 0.414. The minimum atomic E-state index is -0.00450. The Bertz CT molecular complexity index is 478.